The molecule has 82 valence electrons. The van der Waals surface area contributed by atoms with Gasteiger partial charge in [-0.3, -0.25) is 0 Å². The maximum atomic E-state index is 5.85. The molecular weight excluding hydrogens is 172 g/mol. The Labute approximate surface area is 87.8 Å². The summed E-state index contributed by atoms with van der Waals surface area (Å²) in [6.45, 7) is 5.83. The molecule has 2 nitrogen and oxygen atoms in total. The third kappa shape index (κ3) is 2.48. The van der Waals surface area contributed by atoms with Gasteiger partial charge in [0.2, 0.25) is 0 Å². The molecule has 0 aromatic rings. The predicted octanol–water partition coefficient (Wildman–Crippen LogP) is 1.85. The highest BCUT2D eigenvalue weighted by atomic mass is 15.1. The van der Waals surface area contributed by atoms with Gasteiger partial charge in [0, 0.05) is 19.1 Å². The Morgan fingerprint density at radius 2 is 1.93 bits per heavy atom. The molecule has 1 saturated heterocycles. The molecule has 0 spiro atoms. The van der Waals surface area contributed by atoms with Crippen molar-refractivity contribution in [3.63, 3.8) is 0 Å². The second kappa shape index (κ2) is 4.63. The maximum Gasteiger partial charge on any atom is 0.0139 e. The van der Waals surface area contributed by atoms with Gasteiger partial charge in [0.05, 0.1) is 0 Å². The molecule has 1 aliphatic carbocycles. The minimum Gasteiger partial charge on any atom is -0.327 e. The first-order chi connectivity index (χ1) is 6.75. The molecular formula is C12H24N2. The van der Waals surface area contributed by atoms with Gasteiger partial charge in [-0.2, -0.15) is 0 Å². The van der Waals surface area contributed by atoms with Crippen molar-refractivity contribution in [2.24, 2.45) is 17.6 Å². The summed E-state index contributed by atoms with van der Waals surface area (Å²) in [5.74, 6) is 2.06. The van der Waals surface area contributed by atoms with Gasteiger partial charge in [0.15, 0.2) is 0 Å². The van der Waals surface area contributed by atoms with E-state index in [9.17, 15) is 0 Å². The first kappa shape index (κ1) is 10.4. The number of rotatable bonds is 3. The van der Waals surface area contributed by atoms with Crippen molar-refractivity contribution in [1.82, 2.24) is 4.90 Å². The number of nitrogens with two attached hydrogens (primary N) is 1. The number of likely N-dealkylation sites (tertiary alicyclic amines) is 1. The smallest absolute Gasteiger partial charge is 0.0139 e. The average Bonchev–Trinajstić information content (AvgIpc) is 1.99. The fourth-order valence-corrected chi connectivity index (χ4v) is 2.96. The molecule has 2 atom stereocenters. The highest BCUT2D eigenvalue weighted by Gasteiger charge is 2.30. The highest BCUT2D eigenvalue weighted by Crippen LogP contribution is 2.37. The summed E-state index contributed by atoms with van der Waals surface area (Å²) in [5.41, 5.74) is 5.85. The summed E-state index contributed by atoms with van der Waals surface area (Å²) in [6, 6.07) is 0.343. The molecule has 0 aromatic heterocycles. The van der Waals surface area contributed by atoms with Crippen LogP contribution in [-0.2, 0) is 0 Å². The van der Waals surface area contributed by atoms with Crippen molar-refractivity contribution >= 4 is 0 Å². The van der Waals surface area contributed by atoms with Crippen molar-refractivity contribution in [2.75, 3.05) is 19.6 Å². The van der Waals surface area contributed by atoms with Crippen LogP contribution in [0, 0.1) is 11.8 Å². The molecule has 1 heterocycles. The Kier molecular flexibility index (Phi) is 3.45. The number of hydrogen-bond acceptors (Lipinski definition) is 2. The Bertz CT molecular complexity index is 175. The van der Waals surface area contributed by atoms with E-state index in [4.69, 9.17) is 5.73 Å². The standard InChI is InChI=1S/C12H24N2/c1-10(13)8-14-7-3-6-12(9-14)11-4-2-5-11/h10-12H,2-9,13H2,1H3. The summed E-state index contributed by atoms with van der Waals surface area (Å²) in [5, 5.41) is 0. The van der Waals surface area contributed by atoms with Gasteiger partial charge < -0.3 is 10.6 Å². The lowest BCUT2D eigenvalue weighted by molar-refractivity contribution is 0.0930. The first-order valence-electron chi connectivity index (χ1n) is 6.23. The Morgan fingerprint density at radius 1 is 1.21 bits per heavy atom. The van der Waals surface area contributed by atoms with Crippen LogP contribution in [-0.4, -0.2) is 30.6 Å². The van der Waals surface area contributed by atoms with Gasteiger partial charge in [-0.1, -0.05) is 19.3 Å². The third-order valence-corrected chi connectivity index (χ3v) is 3.90. The molecule has 2 aliphatic rings. The van der Waals surface area contributed by atoms with Crippen molar-refractivity contribution in [3.05, 3.63) is 0 Å². The van der Waals surface area contributed by atoms with E-state index in [0.717, 1.165) is 18.4 Å². The molecule has 2 N–H and O–H groups in total. The van der Waals surface area contributed by atoms with E-state index in [1.54, 1.807) is 0 Å². The lowest BCUT2D eigenvalue weighted by Gasteiger charge is -2.41. The summed E-state index contributed by atoms with van der Waals surface area (Å²) in [6.07, 6.45) is 7.34. The highest BCUT2D eigenvalue weighted by molar-refractivity contribution is 4.83. The molecule has 2 heteroatoms. The van der Waals surface area contributed by atoms with E-state index < -0.39 is 0 Å². The second-order valence-electron chi connectivity index (χ2n) is 5.33. The number of nitrogens with zero attached hydrogens (tertiary/aromatic N) is 1. The summed E-state index contributed by atoms with van der Waals surface area (Å²) < 4.78 is 0. The summed E-state index contributed by atoms with van der Waals surface area (Å²) >= 11 is 0. The normalized spacial score (nSPS) is 32.6. The molecule has 0 amide bonds. The zero-order chi connectivity index (χ0) is 9.97. The van der Waals surface area contributed by atoms with E-state index in [0.29, 0.717) is 6.04 Å². The lowest BCUT2D eigenvalue weighted by atomic mass is 9.73. The molecule has 1 saturated carbocycles. The van der Waals surface area contributed by atoms with Crippen molar-refractivity contribution in [1.29, 1.82) is 0 Å². The lowest BCUT2D eigenvalue weighted by Crippen LogP contribution is -2.44. The fourth-order valence-electron chi connectivity index (χ4n) is 2.96. The quantitative estimate of drug-likeness (QED) is 0.746. The molecule has 14 heavy (non-hydrogen) atoms. The van der Waals surface area contributed by atoms with Crippen molar-refractivity contribution in [3.8, 4) is 0 Å². The minimum absolute atomic E-state index is 0.343. The van der Waals surface area contributed by atoms with Crippen LogP contribution in [0.1, 0.15) is 39.0 Å². The van der Waals surface area contributed by atoms with Crippen LogP contribution < -0.4 is 5.73 Å². The van der Waals surface area contributed by atoms with Crippen LogP contribution in [0.25, 0.3) is 0 Å². The van der Waals surface area contributed by atoms with Gasteiger partial charge in [0.25, 0.3) is 0 Å². The molecule has 0 aromatic carbocycles. The summed E-state index contributed by atoms with van der Waals surface area (Å²) in [7, 11) is 0. The molecule has 2 unspecified atom stereocenters. The van der Waals surface area contributed by atoms with Crippen molar-refractivity contribution < 1.29 is 0 Å². The zero-order valence-electron chi connectivity index (χ0n) is 9.41. The van der Waals surface area contributed by atoms with E-state index in [1.807, 2.05) is 0 Å². The predicted molar refractivity (Wildman–Crippen MR) is 60.2 cm³/mol. The van der Waals surface area contributed by atoms with Gasteiger partial charge in [-0.25, -0.2) is 0 Å². The van der Waals surface area contributed by atoms with Gasteiger partial charge in [-0.15, -0.1) is 0 Å². The van der Waals surface area contributed by atoms with E-state index in [2.05, 4.69) is 11.8 Å². The van der Waals surface area contributed by atoms with Gasteiger partial charge >= 0.3 is 0 Å². The van der Waals surface area contributed by atoms with E-state index >= 15 is 0 Å². The van der Waals surface area contributed by atoms with Crippen LogP contribution in [0.4, 0.5) is 0 Å². The van der Waals surface area contributed by atoms with E-state index in [-0.39, 0.29) is 0 Å². The average molecular weight is 196 g/mol. The Balaban J connectivity index is 1.77. The fraction of sp³-hybridized carbons (Fsp3) is 1.00. The van der Waals surface area contributed by atoms with Crippen LogP contribution in [0.5, 0.6) is 0 Å². The Morgan fingerprint density at radius 3 is 2.50 bits per heavy atom. The van der Waals surface area contributed by atoms with Crippen LogP contribution in [0.15, 0.2) is 0 Å². The van der Waals surface area contributed by atoms with Crippen molar-refractivity contribution in [2.45, 2.75) is 45.1 Å². The number of hydrogen-bond donors (Lipinski definition) is 1. The molecule has 1 aliphatic heterocycles. The van der Waals surface area contributed by atoms with Gasteiger partial charge in [-0.05, 0) is 38.1 Å². The van der Waals surface area contributed by atoms with Crippen LogP contribution >= 0.6 is 0 Å². The SMILES string of the molecule is CC(N)CN1CCCC(C2CCC2)C1. The van der Waals surface area contributed by atoms with Crippen LogP contribution in [0.2, 0.25) is 0 Å². The molecule has 0 radical (unpaired) electrons. The first-order valence-corrected chi connectivity index (χ1v) is 6.23. The largest absolute Gasteiger partial charge is 0.327 e. The second-order valence-corrected chi connectivity index (χ2v) is 5.33. The minimum atomic E-state index is 0.343. The molecule has 2 rings (SSSR count). The number of piperidine rings is 1. The monoisotopic (exact) mass is 196 g/mol. The molecule has 0 bridgehead atoms. The zero-order valence-corrected chi connectivity index (χ0v) is 9.41. The Hall–Kier alpha value is -0.0800. The topological polar surface area (TPSA) is 29.3 Å². The van der Waals surface area contributed by atoms with Gasteiger partial charge in [0.1, 0.15) is 0 Å². The van der Waals surface area contributed by atoms with E-state index in [1.165, 1.54) is 45.2 Å². The summed E-state index contributed by atoms with van der Waals surface area (Å²) in [4.78, 5) is 2.58. The maximum absolute atomic E-state index is 5.85. The van der Waals surface area contributed by atoms with Crippen LogP contribution in [0.3, 0.4) is 0 Å². The third-order valence-electron chi connectivity index (χ3n) is 3.90. The molecule has 2 fully saturated rings.